The van der Waals surface area contributed by atoms with Crippen LogP contribution in [-0.4, -0.2) is 49.4 Å². The van der Waals surface area contributed by atoms with Crippen molar-refractivity contribution in [2.75, 3.05) is 26.3 Å². The first-order chi connectivity index (χ1) is 13.0. The van der Waals surface area contributed by atoms with E-state index in [0.717, 1.165) is 31.4 Å². The number of rotatable bonds is 7. The third-order valence-corrected chi connectivity index (χ3v) is 5.47. The maximum Gasteiger partial charge on any atom is 0.234 e. The number of likely N-dealkylation sites (tertiary alicyclic amines) is 1. The molecule has 0 bridgehead atoms. The minimum absolute atomic E-state index is 0.00724. The number of carbonyl (C=O) groups is 1. The number of hydrogen-bond acceptors (Lipinski definition) is 4. The van der Waals surface area contributed by atoms with Crippen molar-refractivity contribution >= 4 is 5.91 Å². The minimum Gasteiger partial charge on any atom is -0.349 e. The summed E-state index contributed by atoms with van der Waals surface area (Å²) < 4.78 is 11.4. The molecule has 1 N–H and O–H groups in total. The molecule has 2 aliphatic heterocycles. The summed E-state index contributed by atoms with van der Waals surface area (Å²) in [5.74, 6) is 0.719. The molecule has 1 aromatic carbocycles. The van der Waals surface area contributed by atoms with Crippen LogP contribution in [0.25, 0.3) is 0 Å². The van der Waals surface area contributed by atoms with Crippen molar-refractivity contribution in [2.45, 2.75) is 64.8 Å². The lowest BCUT2D eigenvalue weighted by Crippen LogP contribution is -2.51. The van der Waals surface area contributed by atoms with Gasteiger partial charge in [0.25, 0.3) is 0 Å². The second-order valence-electron chi connectivity index (χ2n) is 8.27. The SMILES string of the molecule is CC(C)Cc1ccc(C(C)NC(=O)CN2CCCCC2C2OCCO2)cc1. The predicted molar refractivity (Wildman–Crippen MR) is 106 cm³/mol. The molecule has 2 heterocycles. The Morgan fingerprint density at radius 1 is 1.15 bits per heavy atom. The zero-order valence-electron chi connectivity index (χ0n) is 16.9. The van der Waals surface area contributed by atoms with E-state index >= 15 is 0 Å². The lowest BCUT2D eigenvalue weighted by molar-refractivity contribution is -0.131. The summed E-state index contributed by atoms with van der Waals surface area (Å²) in [5.41, 5.74) is 2.49. The van der Waals surface area contributed by atoms with Gasteiger partial charge in [-0.05, 0) is 49.8 Å². The second kappa shape index (κ2) is 9.67. The third-order valence-electron chi connectivity index (χ3n) is 5.47. The highest BCUT2D eigenvalue weighted by atomic mass is 16.7. The summed E-state index contributed by atoms with van der Waals surface area (Å²) in [5, 5.41) is 3.15. The van der Waals surface area contributed by atoms with Crippen LogP contribution in [0.5, 0.6) is 0 Å². The number of ether oxygens (including phenoxy) is 2. The van der Waals surface area contributed by atoms with Gasteiger partial charge >= 0.3 is 0 Å². The highest BCUT2D eigenvalue weighted by molar-refractivity contribution is 5.78. The van der Waals surface area contributed by atoms with Crippen LogP contribution < -0.4 is 5.32 Å². The molecule has 2 saturated heterocycles. The Morgan fingerprint density at radius 3 is 2.52 bits per heavy atom. The van der Waals surface area contributed by atoms with Gasteiger partial charge in [0.15, 0.2) is 6.29 Å². The fraction of sp³-hybridized carbons (Fsp3) is 0.682. The standard InChI is InChI=1S/C22H34N2O3/c1-16(2)14-18-7-9-19(10-8-18)17(3)23-21(25)15-24-11-5-4-6-20(24)22-26-12-13-27-22/h7-10,16-17,20,22H,4-6,11-15H2,1-3H3,(H,23,25). The minimum atomic E-state index is -0.177. The van der Waals surface area contributed by atoms with E-state index in [1.54, 1.807) is 0 Å². The summed E-state index contributed by atoms with van der Waals surface area (Å²) in [4.78, 5) is 14.9. The van der Waals surface area contributed by atoms with Crippen LogP contribution in [0, 0.1) is 5.92 Å². The monoisotopic (exact) mass is 374 g/mol. The zero-order chi connectivity index (χ0) is 19.2. The van der Waals surface area contributed by atoms with Gasteiger partial charge < -0.3 is 14.8 Å². The number of carbonyl (C=O) groups excluding carboxylic acids is 1. The van der Waals surface area contributed by atoms with E-state index in [1.807, 2.05) is 6.92 Å². The molecule has 0 spiro atoms. The van der Waals surface area contributed by atoms with Crippen LogP contribution in [0.15, 0.2) is 24.3 Å². The van der Waals surface area contributed by atoms with E-state index in [2.05, 4.69) is 48.3 Å². The molecule has 1 aromatic rings. The van der Waals surface area contributed by atoms with Crippen LogP contribution >= 0.6 is 0 Å². The quantitative estimate of drug-likeness (QED) is 0.796. The largest absolute Gasteiger partial charge is 0.349 e. The van der Waals surface area contributed by atoms with Crippen LogP contribution in [-0.2, 0) is 20.7 Å². The van der Waals surface area contributed by atoms with Crippen molar-refractivity contribution in [3.63, 3.8) is 0 Å². The molecule has 27 heavy (non-hydrogen) atoms. The summed E-state index contributed by atoms with van der Waals surface area (Å²) in [7, 11) is 0. The van der Waals surface area contributed by atoms with Crippen molar-refractivity contribution in [1.82, 2.24) is 10.2 Å². The van der Waals surface area contributed by atoms with Gasteiger partial charge in [0.2, 0.25) is 5.91 Å². The lowest BCUT2D eigenvalue weighted by Gasteiger charge is -2.37. The van der Waals surface area contributed by atoms with Crippen molar-refractivity contribution in [2.24, 2.45) is 5.92 Å². The van der Waals surface area contributed by atoms with Crippen molar-refractivity contribution < 1.29 is 14.3 Å². The molecule has 0 aliphatic carbocycles. The number of hydrogen-bond donors (Lipinski definition) is 1. The topological polar surface area (TPSA) is 50.8 Å². The average molecular weight is 375 g/mol. The molecule has 5 nitrogen and oxygen atoms in total. The van der Waals surface area contributed by atoms with Crippen molar-refractivity contribution in [1.29, 1.82) is 0 Å². The van der Waals surface area contributed by atoms with E-state index in [-0.39, 0.29) is 24.3 Å². The number of nitrogens with one attached hydrogen (secondary N) is 1. The molecule has 0 radical (unpaired) electrons. The molecule has 5 heteroatoms. The molecular formula is C22H34N2O3. The maximum atomic E-state index is 12.6. The summed E-state index contributed by atoms with van der Waals surface area (Å²) in [6.07, 6.45) is 4.24. The van der Waals surface area contributed by atoms with Gasteiger partial charge in [0.1, 0.15) is 0 Å². The molecular weight excluding hydrogens is 340 g/mol. The van der Waals surface area contributed by atoms with Gasteiger partial charge in [0.05, 0.1) is 31.8 Å². The Morgan fingerprint density at radius 2 is 1.85 bits per heavy atom. The maximum absolute atomic E-state index is 12.6. The van der Waals surface area contributed by atoms with Gasteiger partial charge in [-0.15, -0.1) is 0 Å². The van der Waals surface area contributed by atoms with E-state index in [0.29, 0.717) is 25.7 Å². The van der Waals surface area contributed by atoms with Crippen LogP contribution in [0.3, 0.4) is 0 Å². The Labute approximate surface area is 163 Å². The number of amides is 1. The first kappa shape index (κ1) is 20.3. The number of benzene rings is 1. The Kier molecular flexibility index (Phi) is 7.27. The molecule has 150 valence electrons. The Balaban J connectivity index is 1.52. The first-order valence-electron chi connectivity index (χ1n) is 10.4. The third kappa shape index (κ3) is 5.77. The number of piperidine rings is 1. The molecule has 0 aromatic heterocycles. The lowest BCUT2D eigenvalue weighted by atomic mass is 10.00. The summed E-state index contributed by atoms with van der Waals surface area (Å²) in [6, 6.07) is 8.81. The highest BCUT2D eigenvalue weighted by Gasteiger charge is 2.34. The molecule has 2 aliphatic rings. The van der Waals surface area contributed by atoms with Crippen LogP contribution in [0.2, 0.25) is 0 Å². The smallest absolute Gasteiger partial charge is 0.234 e. The van der Waals surface area contributed by atoms with Gasteiger partial charge in [0, 0.05) is 0 Å². The van der Waals surface area contributed by atoms with Crippen molar-refractivity contribution in [3.8, 4) is 0 Å². The fourth-order valence-electron chi connectivity index (χ4n) is 4.09. The van der Waals surface area contributed by atoms with Crippen LogP contribution in [0.1, 0.15) is 57.2 Å². The average Bonchev–Trinajstić information content (AvgIpc) is 3.16. The molecule has 1 amide bonds. The van der Waals surface area contributed by atoms with Crippen LogP contribution in [0.4, 0.5) is 0 Å². The molecule has 2 atom stereocenters. The highest BCUT2D eigenvalue weighted by Crippen LogP contribution is 2.24. The molecule has 2 fully saturated rings. The van der Waals surface area contributed by atoms with Gasteiger partial charge in [-0.3, -0.25) is 9.69 Å². The molecule has 3 rings (SSSR count). The molecule has 0 saturated carbocycles. The zero-order valence-corrected chi connectivity index (χ0v) is 16.9. The second-order valence-corrected chi connectivity index (χ2v) is 8.27. The Bertz CT molecular complexity index is 596. The van der Waals surface area contributed by atoms with E-state index in [4.69, 9.17) is 9.47 Å². The fourth-order valence-corrected chi connectivity index (χ4v) is 4.09. The summed E-state index contributed by atoms with van der Waals surface area (Å²) >= 11 is 0. The predicted octanol–water partition coefficient (Wildman–Crippen LogP) is 3.29. The van der Waals surface area contributed by atoms with Gasteiger partial charge in [-0.2, -0.15) is 0 Å². The van der Waals surface area contributed by atoms with E-state index in [1.165, 1.54) is 12.0 Å². The van der Waals surface area contributed by atoms with Crippen molar-refractivity contribution in [3.05, 3.63) is 35.4 Å². The van der Waals surface area contributed by atoms with Gasteiger partial charge in [-0.1, -0.05) is 44.5 Å². The van der Waals surface area contributed by atoms with E-state index in [9.17, 15) is 4.79 Å². The normalized spacial score (nSPS) is 22.9. The Hall–Kier alpha value is -1.43. The first-order valence-corrected chi connectivity index (χ1v) is 10.4. The number of nitrogens with zero attached hydrogens (tertiary/aromatic N) is 1. The van der Waals surface area contributed by atoms with Gasteiger partial charge in [-0.25, -0.2) is 0 Å². The summed E-state index contributed by atoms with van der Waals surface area (Å²) in [6.45, 7) is 9.16. The molecule has 2 unspecified atom stereocenters. The van der Waals surface area contributed by atoms with E-state index < -0.39 is 0 Å².